The van der Waals surface area contributed by atoms with Crippen molar-refractivity contribution >= 4 is 57.5 Å². The van der Waals surface area contributed by atoms with Crippen molar-refractivity contribution in [3.63, 3.8) is 0 Å². The maximum absolute atomic E-state index is 12.4. The Labute approximate surface area is 158 Å². The highest BCUT2D eigenvalue weighted by molar-refractivity contribution is 8.26. The van der Waals surface area contributed by atoms with Crippen molar-refractivity contribution in [1.29, 1.82) is 0 Å². The second kappa shape index (κ2) is 8.41. The minimum atomic E-state index is -0.211. The summed E-state index contributed by atoms with van der Waals surface area (Å²) in [6.07, 6.45) is 7.94. The fourth-order valence-corrected chi connectivity index (χ4v) is 4.22. The van der Waals surface area contributed by atoms with Crippen LogP contribution in [0.4, 0.5) is 0 Å². The Hall–Kier alpha value is -1.97. The van der Waals surface area contributed by atoms with Gasteiger partial charge in [0.15, 0.2) is 0 Å². The third-order valence-corrected chi connectivity index (χ3v) is 5.66. The van der Waals surface area contributed by atoms with Crippen molar-refractivity contribution in [1.82, 2.24) is 19.8 Å². The van der Waals surface area contributed by atoms with Gasteiger partial charge >= 0.3 is 0 Å². The topological polar surface area (TPSA) is 67.2 Å². The van der Waals surface area contributed by atoms with E-state index in [0.717, 1.165) is 17.8 Å². The first-order valence-corrected chi connectivity index (χ1v) is 9.75. The highest BCUT2D eigenvalue weighted by Gasteiger charge is 2.33. The predicted molar refractivity (Wildman–Crippen MR) is 104 cm³/mol. The second-order valence-electron chi connectivity index (χ2n) is 5.29. The molecule has 0 aliphatic carbocycles. The van der Waals surface area contributed by atoms with Gasteiger partial charge in [-0.15, -0.1) is 11.3 Å². The number of hydrogen-bond acceptors (Lipinski definition) is 6. The third-order valence-electron chi connectivity index (χ3n) is 3.47. The number of hydrogen-bond donors (Lipinski definition) is 1. The van der Waals surface area contributed by atoms with Gasteiger partial charge in [-0.05, 0) is 23.9 Å². The van der Waals surface area contributed by atoms with Crippen molar-refractivity contribution < 1.29 is 9.59 Å². The fourth-order valence-electron chi connectivity index (χ4n) is 2.25. The molecule has 0 unspecified atom stereocenters. The molecule has 0 saturated carbocycles. The van der Waals surface area contributed by atoms with E-state index >= 15 is 0 Å². The average Bonchev–Trinajstić information content (AvgIpc) is 3.32. The minimum Gasteiger partial charge on any atom is -0.354 e. The lowest BCUT2D eigenvalue weighted by molar-refractivity contribution is -0.128. The van der Waals surface area contributed by atoms with E-state index in [1.807, 2.05) is 34.4 Å². The van der Waals surface area contributed by atoms with E-state index in [-0.39, 0.29) is 18.4 Å². The summed E-state index contributed by atoms with van der Waals surface area (Å²) in [5.41, 5.74) is 0. The largest absolute Gasteiger partial charge is 0.354 e. The first kappa shape index (κ1) is 17.8. The SMILES string of the molecule is O=C(CN1C(=O)/C(=C/c2cccs2)SC1=S)NCCCn1ccnc1. The molecular formula is C16H16N4O2S3. The summed E-state index contributed by atoms with van der Waals surface area (Å²) >= 11 is 8.02. The zero-order chi connectivity index (χ0) is 17.6. The molecule has 3 heterocycles. The number of nitrogens with one attached hydrogen (secondary N) is 1. The molecule has 9 heteroatoms. The number of thiophene rings is 1. The van der Waals surface area contributed by atoms with E-state index in [1.165, 1.54) is 16.7 Å². The number of nitrogens with zero attached hydrogens (tertiary/aromatic N) is 3. The van der Waals surface area contributed by atoms with E-state index in [2.05, 4.69) is 10.3 Å². The van der Waals surface area contributed by atoms with E-state index in [0.29, 0.717) is 15.8 Å². The average molecular weight is 393 g/mol. The van der Waals surface area contributed by atoms with Crippen molar-refractivity contribution in [2.24, 2.45) is 0 Å². The Morgan fingerprint density at radius 1 is 1.44 bits per heavy atom. The molecule has 130 valence electrons. The van der Waals surface area contributed by atoms with Crippen LogP contribution in [-0.2, 0) is 16.1 Å². The lowest BCUT2D eigenvalue weighted by Gasteiger charge is -2.14. The van der Waals surface area contributed by atoms with Crippen molar-refractivity contribution in [3.8, 4) is 0 Å². The zero-order valence-electron chi connectivity index (χ0n) is 13.3. The number of thioether (sulfide) groups is 1. The molecule has 1 saturated heterocycles. The summed E-state index contributed by atoms with van der Waals surface area (Å²) in [5, 5.41) is 4.77. The van der Waals surface area contributed by atoms with Crippen molar-refractivity contribution in [2.75, 3.05) is 13.1 Å². The van der Waals surface area contributed by atoms with Gasteiger partial charge in [0.2, 0.25) is 5.91 Å². The van der Waals surface area contributed by atoms with Crippen LogP contribution in [0.5, 0.6) is 0 Å². The number of amides is 2. The van der Waals surface area contributed by atoms with Crippen molar-refractivity contribution in [2.45, 2.75) is 13.0 Å². The van der Waals surface area contributed by atoms with Gasteiger partial charge in [0, 0.05) is 30.4 Å². The normalized spacial score (nSPS) is 16.0. The first-order valence-electron chi connectivity index (χ1n) is 7.65. The van der Waals surface area contributed by atoms with Gasteiger partial charge in [0.05, 0.1) is 11.2 Å². The van der Waals surface area contributed by atoms with Crippen LogP contribution in [-0.4, -0.2) is 43.7 Å². The van der Waals surface area contributed by atoms with Crippen LogP contribution < -0.4 is 5.32 Å². The van der Waals surface area contributed by atoms with Gasteiger partial charge < -0.3 is 9.88 Å². The summed E-state index contributed by atoms with van der Waals surface area (Å²) in [4.78, 5) is 31.4. The maximum atomic E-state index is 12.4. The lowest BCUT2D eigenvalue weighted by Crippen LogP contribution is -2.39. The summed E-state index contributed by atoms with van der Waals surface area (Å²) < 4.78 is 2.37. The van der Waals surface area contributed by atoms with Crippen LogP contribution in [0.25, 0.3) is 6.08 Å². The van der Waals surface area contributed by atoms with E-state index in [4.69, 9.17) is 12.2 Å². The molecule has 1 aliphatic rings. The van der Waals surface area contributed by atoms with E-state index in [9.17, 15) is 9.59 Å². The van der Waals surface area contributed by atoms with Gasteiger partial charge in [-0.3, -0.25) is 14.5 Å². The molecule has 2 aromatic heterocycles. The lowest BCUT2D eigenvalue weighted by atomic mass is 10.3. The maximum Gasteiger partial charge on any atom is 0.266 e. The highest BCUT2D eigenvalue weighted by Crippen LogP contribution is 2.32. The fraction of sp³-hybridized carbons (Fsp3) is 0.250. The molecule has 3 rings (SSSR count). The van der Waals surface area contributed by atoms with Gasteiger partial charge in [0.25, 0.3) is 5.91 Å². The molecule has 1 N–H and O–H groups in total. The monoisotopic (exact) mass is 392 g/mol. The quantitative estimate of drug-likeness (QED) is 0.445. The summed E-state index contributed by atoms with van der Waals surface area (Å²) in [7, 11) is 0. The van der Waals surface area contributed by atoms with E-state index in [1.54, 1.807) is 23.9 Å². The summed E-state index contributed by atoms with van der Waals surface area (Å²) in [6, 6.07) is 3.86. The van der Waals surface area contributed by atoms with Crippen LogP contribution in [0.1, 0.15) is 11.3 Å². The van der Waals surface area contributed by atoms with Gasteiger partial charge in [0.1, 0.15) is 10.9 Å². The number of aryl methyl sites for hydroxylation is 1. The van der Waals surface area contributed by atoms with Crippen LogP contribution in [0.2, 0.25) is 0 Å². The molecule has 1 fully saturated rings. The summed E-state index contributed by atoms with van der Waals surface area (Å²) in [5.74, 6) is -0.420. The standard InChI is InChI=1S/C16H16N4O2S3/c21-14(18-4-2-6-19-7-5-17-11-19)10-20-15(22)13(25-16(20)23)9-12-3-1-8-24-12/h1,3,5,7-9,11H,2,4,6,10H2,(H,18,21)/b13-9-. The smallest absolute Gasteiger partial charge is 0.266 e. The molecule has 6 nitrogen and oxygen atoms in total. The Morgan fingerprint density at radius 2 is 2.32 bits per heavy atom. The molecule has 0 aromatic carbocycles. The molecule has 2 amide bonds. The van der Waals surface area contributed by atoms with Crippen LogP contribution >= 0.6 is 35.3 Å². The minimum absolute atomic E-state index is 0.0441. The summed E-state index contributed by atoms with van der Waals surface area (Å²) in [6.45, 7) is 1.28. The molecule has 25 heavy (non-hydrogen) atoms. The van der Waals surface area contributed by atoms with Crippen LogP contribution in [0.15, 0.2) is 41.1 Å². The third kappa shape index (κ3) is 4.77. The zero-order valence-corrected chi connectivity index (χ0v) is 15.7. The van der Waals surface area contributed by atoms with Crippen molar-refractivity contribution in [3.05, 3.63) is 46.0 Å². The molecule has 2 aromatic rings. The Kier molecular flexibility index (Phi) is 6.00. The second-order valence-corrected chi connectivity index (χ2v) is 7.94. The molecule has 0 radical (unpaired) electrons. The number of thiocarbonyl (C=S) groups is 1. The van der Waals surface area contributed by atoms with Crippen LogP contribution in [0, 0.1) is 0 Å². The van der Waals surface area contributed by atoms with Crippen LogP contribution in [0.3, 0.4) is 0 Å². The van der Waals surface area contributed by atoms with E-state index < -0.39 is 0 Å². The molecular weight excluding hydrogens is 376 g/mol. The molecule has 1 aliphatic heterocycles. The number of rotatable bonds is 7. The number of carbonyl (C=O) groups is 2. The Balaban J connectivity index is 1.47. The van der Waals surface area contributed by atoms with Gasteiger partial charge in [-0.2, -0.15) is 0 Å². The highest BCUT2D eigenvalue weighted by atomic mass is 32.2. The molecule has 0 atom stereocenters. The Bertz CT molecular complexity index is 784. The molecule has 0 spiro atoms. The first-order chi connectivity index (χ1) is 12.1. The number of imidazole rings is 1. The van der Waals surface area contributed by atoms with Gasteiger partial charge in [-0.25, -0.2) is 4.98 Å². The predicted octanol–water partition coefficient (Wildman–Crippen LogP) is 2.35. The number of carbonyl (C=O) groups excluding carboxylic acids is 2. The molecule has 0 bridgehead atoms. The number of aromatic nitrogens is 2. The Morgan fingerprint density at radius 3 is 3.04 bits per heavy atom. The van der Waals surface area contributed by atoms with Gasteiger partial charge in [-0.1, -0.05) is 30.0 Å².